The molecule has 29 heavy (non-hydrogen) atoms. The minimum absolute atomic E-state index is 0. The third-order valence-corrected chi connectivity index (χ3v) is 5.91. The molecule has 0 bridgehead atoms. The van der Waals surface area contributed by atoms with Crippen molar-refractivity contribution in [1.82, 2.24) is 4.90 Å². The molecule has 1 aliphatic carbocycles. The number of halogens is 1. The van der Waals surface area contributed by atoms with Gasteiger partial charge in [0.2, 0.25) is 0 Å². The lowest BCUT2D eigenvalue weighted by Crippen LogP contribution is -2.38. The number of carbonyl (C=O) groups excluding carboxylic acids is 1. The van der Waals surface area contributed by atoms with E-state index in [1.54, 1.807) is 0 Å². The summed E-state index contributed by atoms with van der Waals surface area (Å²) >= 11 is 0. The van der Waals surface area contributed by atoms with E-state index in [-0.39, 0.29) is 24.6 Å². The average Bonchev–Trinajstić information content (AvgIpc) is 3.21. The van der Waals surface area contributed by atoms with Gasteiger partial charge in [-0.25, -0.2) is 4.79 Å². The lowest BCUT2D eigenvalue weighted by atomic mass is 9.86. The van der Waals surface area contributed by atoms with E-state index in [1.807, 2.05) is 24.3 Å². The Morgan fingerprint density at radius 3 is 2.52 bits per heavy atom. The smallest absolute Gasteiger partial charge is 0.411 e. The number of ether oxygens (including phenoxy) is 2. The van der Waals surface area contributed by atoms with Crippen molar-refractivity contribution in [3.05, 3.63) is 24.3 Å². The van der Waals surface area contributed by atoms with Gasteiger partial charge in [0.15, 0.2) is 0 Å². The second-order valence-corrected chi connectivity index (χ2v) is 8.20. The number of unbranched alkanes of at least 4 members (excludes halogenated alkanes) is 2. The molecule has 1 saturated heterocycles. The van der Waals surface area contributed by atoms with Gasteiger partial charge in [-0.1, -0.05) is 26.2 Å². The van der Waals surface area contributed by atoms with Crippen molar-refractivity contribution in [3.63, 3.8) is 0 Å². The molecule has 1 heterocycles. The van der Waals surface area contributed by atoms with Crippen molar-refractivity contribution in [2.45, 2.75) is 70.8 Å². The number of rotatable bonds is 9. The fraction of sp³-hybridized carbons (Fsp3) is 0.696. The first kappa shape index (κ1) is 23.8. The molecular weight excluding hydrogens is 388 g/mol. The molecule has 1 aromatic rings. The van der Waals surface area contributed by atoms with Crippen molar-refractivity contribution in [2.75, 3.05) is 31.6 Å². The third-order valence-electron chi connectivity index (χ3n) is 5.91. The standard InChI is InChI=1S/C23H36N2O3.ClH/c1-2-3-8-17-27-21-13-11-20(12-14-21)24-23(26)28-22-10-5-4-9-19(22)18-25-15-6-7-16-25;/h11-14,19,22H,2-10,15-18H2,1H3,(H,24,26);1H. The first-order chi connectivity index (χ1) is 13.7. The number of anilines is 1. The maximum absolute atomic E-state index is 12.4. The first-order valence-electron chi connectivity index (χ1n) is 11.2. The van der Waals surface area contributed by atoms with Crippen LogP contribution in [0, 0.1) is 5.92 Å². The van der Waals surface area contributed by atoms with E-state index < -0.39 is 0 Å². The van der Waals surface area contributed by atoms with Gasteiger partial charge in [0.25, 0.3) is 0 Å². The molecular formula is C23H37ClN2O3. The summed E-state index contributed by atoms with van der Waals surface area (Å²) in [5.41, 5.74) is 0.748. The lowest BCUT2D eigenvalue weighted by molar-refractivity contribution is 0.0327. The Kier molecular flexibility index (Phi) is 10.6. The third kappa shape index (κ3) is 8.06. The highest BCUT2D eigenvalue weighted by molar-refractivity contribution is 5.85. The topological polar surface area (TPSA) is 50.8 Å². The molecule has 1 amide bonds. The maximum atomic E-state index is 12.4. The number of benzene rings is 1. The van der Waals surface area contributed by atoms with E-state index in [2.05, 4.69) is 17.1 Å². The van der Waals surface area contributed by atoms with E-state index >= 15 is 0 Å². The molecule has 2 fully saturated rings. The highest BCUT2D eigenvalue weighted by Gasteiger charge is 2.30. The van der Waals surface area contributed by atoms with Gasteiger partial charge in [-0.15, -0.1) is 12.4 Å². The Bertz CT molecular complexity index is 590. The Hall–Kier alpha value is -1.46. The average molecular weight is 425 g/mol. The predicted octanol–water partition coefficient (Wildman–Crippen LogP) is 5.88. The zero-order valence-electron chi connectivity index (χ0n) is 17.7. The van der Waals surface area contributed by atoms with Crippen molar-refractivity contribution in [3.8, 4) is 5.75 Å². The van der Waals surface area contributed by atoms with Crippen LogP contribution in [-0.4, -0.2) is 43.3 Å². The number of nitrogens with zero attached hydrogens (tertiary/aromatic N) is 1. The lowest BCUT2D eigenvalue weighted by Gasteiger charge is -2.33. The van der Waals surface area contributed by atoms with Gasteiger partial charge in [-0.3, -0.25) is 5.32 Å². The summed E-state index contributed by atoms with van der Waals surface area (Å²) in [5.74, 6) is 1.31. The summed E-state index contributed by atoms with van der Waals surface area (Å²) < 4.78 is 11.6. The predicted molar refractivity (Wildman–Crippen MR) is 120 cm³/mol. The molecule has 6 heteroatoms. The molecule has 3 rings (SSSR count). The summed E-state index contributed by atoms with van der Waals surface area (Å²) in [7, 11) is 0. The largest absolute Gasteiger partial charge is 0.494 e. The van der Waals surface area contributed by atoms with Crippen molar-refractivity contribution in [1.29, 1.82) is 0 Å². The molecule has 1 N–H and O–H groups in total. The molecule has 0 spiro atoms. The monoisotopic (exact) mass is 424 g/mol. The number of amides is 1. The Labute approximate surface area is 181 Å². The summed E-state index contributed by atoms with van der Waals surface area (Å²) in [4.78, 5) is 14.9. The van der Waals surface area contributed by atoms with Gasteiger partial charge in [-0.2, -0.15) is 0 Å². The molecule has 2 aliphatic rings. The molecule has 0 radical (unpaired) electrons. The number of likely N-dealkylation sites (tertiary alicyclic amines) is 1. The van der Waals surface area contributed by atoms with Gasteiger partial charge in [0.05, 0.1) is 6.61 Å². The molecule has 2 unspecified atom stereocenters. The van der Waals surface area contributed by atoms with Crippen molar-refractivity contribution < 1.29 is 14.3 Å². The van der Waals surface area contributed by atoms with E-state index in [9.17, 15) is 4.79 Å². The van der Waals surface area contributed by atoms with Crippen LogP contribution in [0.2, 0.25) is 0 Å². The Morgan fingerprint density at radius 1 is 1.07 bits per heavy atom. The van der Waals surface area contributed by atoms with E-state index in [4.69, 9.17) is 9.47 Å². The Morgan fingerprint density at radius 2 is 1.79 bits per heavy atom. The van der Waals surface area contributed by atoms with Crippen LogP contribution in [0.5, 0.6) is 5.75 Å². The van der Waals surface area contributed by atoms with Crippen LogP contribution in [-0.2, 0) is 4.74 Å². The number of hydrogen-bond donors (Lipinski definition) is 1. The summed E-state index contributed by atoms with van der Waals surface area (Å²) in [6.07, 6.45) is 10.3. The van der Waals surface area contributed by atoms with E-state index in [1.165, 1.54) is 51.6 Å². The van der Waals surface area contributed by atoms with E-state index in [0.717, 1.165) is 43.9 Å². The molecule has 0 aromatic heterocycles. The number of nitrogens with one attached hydrogen (secondary N) is 1. The molecule has 2 atom stereocenters. The Balaban J connectivity index is 0.00000300. The van der Waals surface area contributed by atoms with Crippen LogP contribution >= 0.6 is 12.4 Å². The normalized spacial score (nSPS) is 22.0. The molecule has 164 valence electrons. The van der Waals surface area contributed by atoms with Crippen LogP contribution in [0.25, 0.3) is 0 Å². The molecule has 1 aromatic carbocycles. The van der Waals surface area contributed by atoms with Crippen LogP contribution in [0.4, 0.5) is 10.5 Å². The number of carbonyl (C=O) groups is 1. The molecule has 1 saturated carbocycles. The summed E-state index contributed by atoms with van der Waals surface area (Å²) in [6.45, 7) is 6.39. The minimum Gasteiger partial charge on any atom is -0.494 e. The zero-order chi connectivity index (χ0) is 19.6. The van der Waals surface area contributed by atoms with Crippen molar-refractivity contribution >= 4 is 24.2 Å². The molecule has 1 aliphatic heterocycles. The van der Waals surface area contributed by atoms with Crippen LogP contribution < -0.4 is 10.1 Å². The number of hydrogen-bond acceptors (Lipinski definition) is 4. The second kappa shape index (κ2) is 13.0. The van der Waals surface area contributed by atoms with Gasteiger partial charge < -0.3 is 14.4 Å². The quantitative estimate of drug-likeness (QED) is 0.503. The fourth-order valence-electron chi connectivity index (χ4n) is 4.30. The second-order valence-electron chi connectivity index (χ2n) is 8.20. The molecule has 5 nitrogen and oxygen atoms in total. The SMILES string of the molecule is CCCCCOc1ccc(NC(=O)OC2CCCCC2CN2CCCC2)cc1.Cl. The summed E-state index contributed by atoms with van der Waals surface area (Å²) in [6, 6.07) is 7.55. The highest BCUT2D eigenvalue weighted by atomic mass is 35.5. The van der Waals surface area contributed by atoms with Crippen LogP contribution in [0.1, 0.15) is 64.7 Å². The van der Waals surface area contributed by atoms with Gasteiger partial charge >= 0.3 is 6.09 Å². The summed E-state index contributed by atoms with van der Waals surface area (Å²) in [5, 5.41) is 2.88. The fourth-order valence-corrected chi connectivity index (χ4v) is 4.30. The van der Waals surface area contributed by atoms with Gasteiger partial charge in [-0.05, 0) is 75.9 Å². The van der Waals surface area contributed by atoms with E-state index in [0.29, 0.717) is 5.92 Å². The van der Waals surface area contributed by atoms with Crippen LogP contribution in [0.15, 0.2) is 24.3 Å². The minimum atomic E-state index is -0.338. The zero-order valence-corrected chi connectivity index (χ0v) is 18.6. The maximum Gasteiger partial charge on any atom is 0.411 e. The van der Waals surface area contributed by atoms with Gasteiger partial charge in [0.1, 0.15) is 11.9 Å². The van der Waals surface area contributed by atoms with Gasteiger partial charge in [0, 0.05) is 18.2 Å². The highest BCUT2D eigenvalue weighted by Crippen LogP contribution is 2.29. The first-order valence-corrected chi connectivity index (χ1v) is 11.2. The van der Waals surface area contributed by atoms with Crippen molar-refractivity contribution in [2.24, 2.45) is 5.92 Å². The van der Waals surface area contributed by atoms with Crippen LogP contribution in [0.3, 0.4) is 0 Å².